The highest BCUT2D eigenvalue weighted by Crippen LogP contribution is 2.28. The quantitative estimate of drug-likeness (QED) is 0.445. The van der Waals surface area contributed by atoms with Crippen LogP contribution in [0.2, 0.25) is 0 Å². The number of carbonyl (C=O) groups is 1. The van der Waals surface area contributed by atoms with Gasteiger partial charge in [-0.25, -0.2) is 4.98 Å². The average molecular weight is 419 g/mol. The van der Waals surface area contributed by atoms with Gasteiger partial charge >= 0.3 is 0 Å². The Hall–Kier alpha value is -2.50. The number of nitrogens with two attached hydrogens (primary N) is 1. The molecule has 0 fully saturated rings. The van der Waals surface area contributed by atoms with Crippen molar-refractivity contribution in [2.45, 2.75) is 23.9 Å². The molecule has 4 rings (SSSR count). The lowest BCUT2D eigenvalue weighted by Gasteiger charge is -2.08. The number of aromatic amines is 1. The van der Waals surface area contributed by atoms with Gasteiger partial charge in [0.25, 0.3) is 5.56 Å². The minimum absolute atomic E-state index is 0.139. The number of carbonyl (C=O) groups excluding carboxylic acids is 1. The highest BCUT2D eigenvalue weighted by atomic mass is 32.2. The number of rotatable bonds is 7. The zero-order valence-corrected chi connectivity index (χ0v) is 16.4. The Morgan fingerprint density at radius 1 is 1.26 bits per heavy atom. The first-order valence-corrected chi connectivity index (χ1v) is 10.7. The van der Waals surface area contributed by atoms with Crippen molar-refractivity contribution in [1.82, 2.24) is 24.7 Å². The van der Waals surface area contributed by atoms with Gasteiger partial charge in [0.05, 0.1) is 16.1 Å². The van der Waals surface area contributed by atoms with Crippen LogP contribution in [-0.2, 0) is 17.1 Å². The highest BCUT2D eigenvalue weighted by Gasteiger charge is 2.16. The van der Waals surface area contributed by atoms with Crippen molar-refractivity contribution >= 4 is 50.6 Å². The maximum Gasteiger partial charge on any atom is 0.268 e. The molecule has 0 spiro atoms. The molecular formula is C16H14N6O2S3. The van der Waals surface area contributed by atoms with Crippen LogP contribution in [0.1, 0.15) is 12.2 Å². The molecule has 0 aliphatic rings. The van der Waals surface area contributed by atoms with E-state index in [2.05, 4.69) is 20.2 Å². The number of aromatic nitrogens is 5. The second-order valence-corrected chi connectivity index (χ2v) is 8.39. The van der Waals surface area contributed by atoms with Crippen LogP contribution in [0.4, 0.5) is 0 Å². The monoisotopic (exact) mass is 418 g/mol. The van der Waals surface area contributed by atoms with Crippen molar-refractivity contribution in [3.05, 3.63) is 45.1 Å². The van der Waals surface area contributed by atoms with Crippen LogP contribution >= 0.6 is 34.4 Å². The molecule has 0 bridgehead atoms. The van der Waals surface area contributed by atoms with E-state index in [0.717, 1.165) is 4.88 Å². The van der Waals surface area contributed by atoms with Crippen LogP contribution in [0.5, 0.6) is 0 Å². The summed E-state index contributed by atoms with van der Waals surface area (Å²) in [6, 6.07) is 5.71. The zero-order valence-electron chi connectivity index (χ0n) is 13.9. The Labute approximate surface area is 165 Å². The first kappa shape index (κ1) is 17.9. The predicted molar refractivity (Wildman–Crippen MR) is 107 cm³/mol. The normalized spacial score (nSPS) is 11.3. The lowest BCUT2D eigenvalue weighted by Crippen LogP contribution is -2.15. The SMILES string of the molecule is NC(=O)CCn1c(SCc2nc3ccsc3c(=O)[nH]2)nnc1-c1cccs1. The van der Waals surface area contributed by atoms with E-state index >= 15 is 0 Å². The zero-order chi connectivity index (χ0) is 18.8. The highest BCUT2D eigenvalue weighted by molar-refractivity contribution is 7.98. The Morgan fingerprint density at radius 3 is 2.93 bits per heavy atom. The molecule has 4 aromatic heterocycles. The number of nitrogens with zero attached hydrogens (tertiary/aromatic N) is 4. The van der Waals surface area contributed by atoms with E-state index in [9.17, 15) is 9.59 Å². The summed E-state index contributed by atoms with van der Waals surface area (Å²) in [5.41, 5.74) is 5.86. The molecule has 0 aliphatic heterocycles. The van der Waals surface area contributed by atoms with E-state index in [1.54, 1.807) is 11.3 Å². The summed E-state index contributed by atoms with van der Waals surface area (Å²) in [4.78, 5) is 31.6. The second-order valence-electron chi connectivity index (χ2n) is 5.59. The fourth-order valence-corrected chi connectivity index (χ4v) is 4.81. The van der Waals surface area contributed by atoms with Crippen molar-refractivity contribution < 1.29 is 4.79 Å². The fourth-order valence-electron chi connectivity index (χ4n) is 2.53. The van der Waals surface area contributed by atoms with Crippen LogP contribution in [0.15, 0.2) is 38.9 Å². The molecule has 27 heavy (non-hydrogen) atoms. The number of primary amides is 1. The lowest BCUT2D eigenvalue weighted by molar-refractivity contribution is -0.118. The molecule has 0 radical (unpaired) electrons. The minimum Gasteiger partial charge on any atom is -0.370 e. The van der Waals surface area contributed by atoms with Crippen LogP contribution < -0.4 is 11.3 Å². The summed E-state index contributed by atoms with van der Waals surface area (Å²) in [5.74, 6) is 1.31. The molecule has 0 saturated carbocycles. The smallest absolute Gasteiger partial charge is 0.268 e. The summed E-state index contributed by atoms with van der Waals surface area (Å²) in [6.07, 6.45) is 0.194. The summed E-state index contributed by atoms with van der Waals surface area (Å²) in [5, 5.41) is 13.0. The van der Waals surface area contributed by atoms with Gasteiger partial charge in [0.2, 0.25) is 5.91 Å². The molecule has 4 heterocycles. The largest absolute Gasteiger partial charge is 0.370 e. The molecule has 138 valence electrons. The third-order valence-electron chi connectivity index (χ3n) is 3.74. The van der Waals surface area contributed by atoms with Crippen LogP contribution in [-0.4, -0.2) is 30.6 Å². The molecule has 3 N–H and O–H groups in total. The van der Waals surface area contributed by atoms with E-state index in [0.29, 0.717) is 39.3 Å². The van der Waals surface area contributed by atoms with Gasteiger partial charge in [-0.1, -0.05) is 17.8 Å². The number of fused-ring (bicyclic) bond motifs is 1. The molecule has 1 amide bonds. The topological polar surface area (TPSA) is 120 Å². The Balaban J connectivity index is 1.60. The van der Waals surface area contributed by atoms with E-state index < -0.39 is 0 Å². The van der Waals surface area contributed by atoms with Gasteiger partial charge in [0, 0.05) is 13.0 Å². The van der Waals surface area contributed by atoms with Crippen molar-refractivity contribution in [1.29, 1.82) is 0 Å². The van der Waals surface area contributed by atoms with Crippen molar-refractivity contribution in [3.63, 3.8) is 0 Å². The van der Waals surface area contributed by atoms with Crippen LogP contribution in [0.3, 0.4) is 0 Å². The minimum atomic E-state index is -0.384. The molecule has 4 aromatic rings. The third kappa shape index (κ3) is 3.80. The molecule has 0 aliphatic carbocycles. The summed E-state index contributed by atoms with van der Waals surface area (Å²) in [7, 11) is 0. The molecular weight excluding hydrogens is 404 g/mol. The Bertz CT molecular complexity index is 1140. The summed E-state index contributed by atoms with van der Waals surface area (Å²) >= 11 is 4.32. The standard InChI is InChI=1S/C16H14N6O2S3/c17-11(23)3-5-22-14(10-2-1-6-25-10)20-21-16(22)27-8-12-18-9-4-7-26-13(9)15(24)19-12/h1-2,4,6-7H,3,5,8H2,(H2,17,23)(H,18,19,24). The number of hydrogen-bond acceptors (Lipinski definition) is 8. The second kappa shape index (κ2) is 7.62. The van der Waals surface area contributed by atoms with Crippen LogP contribution in [0, 0.1) is 0 Å². The molecule has 0 atom stereocenters. The maximum atomic E-state index is 12.1. The van der Waals surface area contributed by atoms with Crippen LogP contribution in [0.25, 0.3) is 20.9 Å². The van der Waals surface area contributed by atoms with Gasteiger partial charge < -0.3 is 15.3 Å². The number of thiophene rings is 2. The average Bonchev–Trinajstić information content (AvgIpc) is 3.37. The van der Waals surface area contributed by atoms with E-state index in [1.807, 2.05) is 33.5 Å². The van der Waals surface area contributed by atoms with Gasteiger partial charge in [-0.2, -0.15) is 0 Å². The van der Waals surface area contributed by atoms with E-state index in [4.69, 9.17) is 5.73 Å². The fraction of sp³-hybridized carbons (Fsp3) is 0.188. The first-order chi connectivity index (χ1) is 13.1. The Morgan fingerprint density at radius 2 is 2.15 bits per heavy atom. The lowest BCUT2D eigenvalue weighted by atomic mass is 10.4. The third-order valence-corrected chi connectivity index (χ3v) is 6.49. The van der Waals surface area contributed by atoms with Crippen molar-refractivity contribution in [3.8, 4) is 10.7 Å². The van der Waals surface area contributed by atoms with Gasteiger partial charge in [-0.05, 0) is 22.9 Å². The van der Waals surface area contributed by atoms with Gasteiger partial charge in [-0.3, -0.25) is 9.59 Å². The number of thioether (sulfide) groups is 1. The molecule has 0 aromatic carbocycles. The van der Waals surface area contributed by atoms with E-state index in [1.165, 1.54) is 23.1 Å². The summed E-state index contributed by atoms with van der Waals surface area (Å²) in [6.45, 7) is 0.394. The molecule has 8 nitrogen and oxygen atoms in total. The van der Waals surface area contributed by atoms with Gasteiger partial charge in [-0.15, -0.1) is 32.9 Å². The maximum absolute atomic E-state index is 12.1. The molecule has 0 saturated heterocycles. The number of nitrogens with one attached hydrogen (secondary N) is 1. The van der Waals surface area contributed by atoms with Gasteiger partial charge in [0.15, 0.2) is 11.0 Å². The summed E-state index contributed by atoms with van der Waals surface area (Å²) < 4.78 is 2.50. The number of hydrogen-bond donors (Lipinski definition) is 2. The van der Waals surface area contributed by atoms with Crippen molar-refractivity contribution in [2.24, 2.45) is 5.73 Å². The van der Waals surface area contributed by atoms with Crippen molar-refractivity contribution in [2.75, 3.05) is 0 Å². The molecule has 0 unspecified atom stereocenters. The first-order valence-electron chi connectivity index (χ1n) is 7.96. The number of H-pyrrole nitrogens is 1. The molecule has 11 heteroatoms. The van der Waals surface area contributed by atoms with Gasteiger partial charge in [0.1, 0.15) is 10.5 Å². The van der Waals surface area contributed by atoms with E-state index in [-0.39, 0.29) is 17.9 Å². The number of amides is 1. The Kier molecular flexibility index (Phi) is 5.05. The predicted octanol–water partition coefficient (Wildman–Crippen LogP) is 2.47.